The maximum atomic E-state index is 5.95. The Balaban J connectivity index is 1.51. The summed E-state index contributed by atoms with van der Waals surface area (Å²) in [5.74, 6) is 1.17. The van der Waals surface area contributed by atoms with Crippen LogP contribution in [0.1, 0.15) is 31.2 Å². The van der Waals surface area contributed by atoms with E-state index in [1.165, 1.54) is 41.9 Å². The molecule has 0 spiro atoms. The average molecular weight is 333 g/mol. The van der Waals surface area contributed by atoms with E-state index in [9.17, 15) is 0 Å². The standard InChI is InChI=1S/C18H24N2S2/c19-16-11-5-4-10-15(16)9-3-1-2-8-14-21-22-18-13-7-6-12-17(18)20/h4-7,10-13H,1-3,8-9,14,19-20H2. The van der Waals surface area contributed by atoms with Crippen molar-refractivity contribution in [2.45, 2.75) is 37.0 Å². The molecule has 0 atom stereocenters. The van der Waals surface area contributed by atoms with E-state index >= 15 is 0 Å². The summed E-state index contributed by atoms with van der Waals surface area (Å²) in [5, 5.41) is 0. The smallest absolute Gasteiger partial charge is 0.0460 e. The molecule has 4 N–H and O–H groups in total. The van der Waals surface area contributed by atoms with Crippen molar-refractivity contribution in [3.05, 3.63) is 54.1 Å². The molecule has 0 saturated heterocycles. The van der Waals surface area contributed by atoms with Crippen molar-refractivity contribution in [1.82, 2.24) is 0 Å². The Hall–Kier alpha value is -1.26. The van der Waals surface area contributed by atoms with Gasteiger partial charge in [-0.25, -0.2) is 0 Å². The highest BCUT2D eigenvalue weighted by Gasteiger charge is 2.00. The Morgan fingerprint density at radius 3 is 2.18 bits per heavy atom. The van der Waals surface area contributed by atoms with Gasteiger partial charge in [-0.3, -0.25) is 0 Å². The highest BCUT2D eigenvalue weighted by Crippen LogP contribution is 2.35. The highest BCUT2D eigenvalue weighted by atomic mass is 33.1. The van der Waals surface area contributed by atoms with Gasteiger partial charge in [-0.1, -0.05) is 64.8 Å². The summed E-state index contributed by atoms with van der Waals surface area (Å²) in [6, 6.07) is 16.2. The molecule has 22 heavy (non-hydrogen) atoms. The molecule has 0 heterocycles. The molecule has 118 valence electrons. The summed E-state index contributed by atoms with van der Waals surface area (Å²) in [4.78, 5) is 1.17. The van der Waals surface area contributed by atoms with Crippen molar-refractivity contribution in [2.75, 3.05) is 17.2 Å². The number of rotatable bonds is 9. The molecular formula is C18H24N2S2. The van der Waals surface area contributed by atoms with E-state index in [0.717, 1.165) is 17.8 Å². The van der Waals surface area contributed by atoms with Crippen LogP contribution in [0.3, 0.4) is 0 Å². The predicted molar refractivity (Wildman–Crippen MR) is 102 cm³/mol. The van der Waals surface area contributed by atoms with Crippen molar-refractivity contribution in [3.8, 4) is 0 Å². The van der Waals surface area contributed by atoms with Crippen molar-refractivity contribution in [3.63, 3.8) is 0 Å². The quantitative estimate of drug-likeness (QED) is 0.367. The van der Waals surface area contributed by atoms with E-state index in [0.29, 0.717) is 0 Å². The number of nitrogens with two attached hydrogens (primary N) is 2. The Morgan fingerprint density at radius 2 is 1.41 bits per heavy atom. The first-order chi connectivity index (χ1) is 10.8. The normalized spacial score (nSPS) is 10.7. The first-order valence-electron chi connectivity index (χ1n) is 7.75. The Labute approximate surface area is 141 Å². The molecule has 0 aliphatic rings. The topological polar surface area (TPSA) is 52.0 Å². The number of hydrogen-bond donors (Lipinski definition) is 2. The molecule has 0 aromatic heterocycles. The van der Waals surface area contributed by atoms with E-state index in [1.54, 1.807) is 10.8 Å². The Morgan fingerprint density at radius 1 is 0.727 bits per heavy atom. The third-order valence-electron chi connectivity index (χ3n) is 3.55. The monoisotopic (exact) mass is 332 g/mol. The summed E-state index contributed by atoms with van der Waals surface area (Å²) in [7, 11) is 3.68. The van der Waals surface area contributed by atoms with Crippen molar-refractivity contribution >= 4 is 33.0 Å². The summed E-state index contributed by atoms with van der Waals surface area (Å²) in [6.45, 7) is 0. The second kappa shape index (κ2) is 9.70. The lowest BCUT2D eigenvalue weighted by atomic mass is 10.0. The number of hydrogen-bond acceptors (Lipinski definition) is 4. The fourth-order valence-electron chi connectivity index (χ4n) is 2.25. The zero-order chi connectivity index (χ0) is 15.6. The number of aryl methyl sites for hydroxylation is 1. The van der Waals surface area contributed by atoms with E-state index < -0.39 is 0 Å². The maximum absolute atomic E-state index is 5.95. The molecule has 2 rings (SSSR count). The van der Waals surface area contributed by atoms with Gasteiger partial charge in [0.25, 0.3) is 0 Å². The van der Waals surface area contributed by atoms with Gasteiger partial charge in [0.2, 0.25) is 0 Å². The lowest BCUT2D eigenvalue weighted by Crippen LogP contribution is -1.94. The van der Waals surface area contributed by atoms with Gasteiger partial charge >= 0.3 is 0 Å². The number of nitrogen functional groups attached to an aromatic ring is 2. The highest BCUT2D eigenvalue weighted by molar-refractivity contribution is 8.76. The molecule has 2 aromatic rings. The van der Waals surface area contributed by atoms with Crippen LogP contribution in [0.4, 0.5) is 11.4 Å². The number of unbranched alkanes of at least 4 members (excludes halogenated alkanes) is 3. The van der Waals surface area contributed by atoms with Gasteiger partial charge in [0.1, 0.15) is 0 Å². The molecule has 2 nitrogen and oxygen atoms in total. The van der Waals surface area contributed by atoms with Crippen LogP contribution in [-0.2, 0) is 6.42 Å². The first-order valence-corrected chi connectivity index (χ1v) is 10.1. The molecule has 0 saturated carbocycles. The van der Waals surface area contributed by atoms with Gasteiger partial charge in [0.15, 0.2) is 0 Å². The summed E-state index contributed by atoms with van der Waals surface area (Å²) >= 11 is 0. The third-order valence-corrected chi connectivity index (χ3v) is 6.06. The summed E-state index contributed by atoms with van der Waals surface area (Å²) in [6.07, 6.45) is 6.12. The number of anilines is 2. The van der Waals surface area contributed by atoms with Crippen LogP contribution in [0, 0.1) is 0 Å². The molecule has 0 aliphatic carbocycles. The number of para-hydroxylation sites is 2. The fraction of sp³-hybridized carbons (Fsp3) is 0.333. The minimum absolute atomic E-state index is 0.875. The summed E-state index contributed by atoms with van der Waals surface area (Å²) < 4.78 is 0. The van der Waals surface area contributed by atoms with E-state index in [4.69, 9.17) is 11.5 Å². The lowest BCUT2D eigenvalue weighted by Gasteiger charge is -2.06. The molecule has 0 fully saturated rings. The summed E-state index contributed by atoms with van der Waals surface area (Å²) in [5.41, 5.74) is 15.0. The van der Waals surface area contributed by atoms with Crippen LogP contribution in [0.2, 0.25) is 0 Å². The van der Waals surface area contributed by atoms with Crippen LogP contribution in [-0.4, -0.2) is 5.75 Å². The maximum Gasteiger partial charge on any atom is 0.0460 e. The van der Waals surface area contributed by atoms with E-state index in [1.807, 2.05) is 41.1 Å². The molecule has 0 amide bonds. The predicted octanol–water partition coefficient (Wildman–Crippen LogP) is 5.39. The fourth-order valence-corrected chi connectivity index (χ4v) is 4.52. The molecule has 4 heteroatoms. The Kier molecular flexibility index (Phi) is 7.54. The van der Waals surface area contributed by atoms with E-state index in [2.05, 4.69) is 18.2 Å². The first kappa shape index (κ1) is 17.1. The molecule has 0 bridgehead atoms. The zero-order valence-corrected chi connectivity index (χ0v) is 14.5. The second-order valence-electron chi connectivity index (χ2n) is 5.31. The van der Waals surface area contributed by atoms with Gasteiger partial charge in [-0.2, -0.15) is 0 Å². The van der Waals surface area contributed by atoms with Gasteiger partial charge in [-0.15, -0.1) is 0 Å². The molecule has 0 aliphatic heterocycles. The van der Waals surface area contributed by atoms with Crippen LogP contribution >= 0.6 is 21.6 Å². The minimum Gasteiger partial charge on any atom is -0.399 e. The van der Waals surface area contributed by atoms with Crippen LogP contribution in [0.5, 0.6) is 0 Å². The third kappa shape index (κ3) is 5.85. The van der Waals surface area contributed by atoms with Crippen LogP contribution < -0.4 is 11.5 Å². The zero-order valence-electron chi connectivity index (χ0n) is 12.8. The van der Waals surface area contributed by atoms with Gasteiger partial charge in [-0.05, 0) is 43.0 Å². The molecule has 0 radical (unpaired) electrons. The lowest BCUT2D eigenvalue weighted by molar-refractivity contribution is 0.671. The van der Waals surface area contributed by atoms with Crippen molar-refractivity contribution in [1.29, 1.82) is 0 Å². The Bertz CT molecular complexity index is 521. The molecule has 2 aromatic carbocycles. The second-order valence-corrected chi connectivity index (χ2v) is 7.76. The molecular weight excluding hydrogens is 308 g/mol. The van der Waals surface area contributed by atoms with Crippen molar-refractivity contribution < 1.29 is 0 Å². The largest absolute Gasteiger partial charge is 0.399 e. The SMILES string of the molecule is Nc1ccccc1CCCCCCSSc1ccccc1N. The average Bonchev–Trinajstić information content (AvgIpc) is 2.53. The minimum atomic E-state index is 0.875. The van der Waals surface area contributed by atoms with Gasteiger partial charge in [0, 0.05) is 22.0 Å². The van der Waals surface area contributed by atoms with Crippen LogP contribution in [0.25, 0.3) is 0 Å². The van der Waals surface area contributed by atoms with Gasteiger partial charge in [0.05, 0.1) is 0 Å². The van der Waals surface area contributed by atoms with Crippen molar-refractivity contribution in [2.24, 2.45) is 0 Å². The number of benzene rings is 2. The van der Waals surface area contributed by atoms with Gasteiger partial charge < -0.3 is 11.5 Å². The van der Waals surface area contributed by atoms with Crippen LogP contribution in [0.15, 0.2) is 53.4 Å². The van der Waals surface area contributed by atoms with E-state index in [-0.39, 0.29) is 0 Å². The molecule has 0 unspecified atom stereocenters.